The van der Waals surface area contributed by atoms with Crippen LogP contribution < -0.4 is 4.74 Å². The summed E-state index contributed by atoms with van der Waals surface area (Å²) in [6.07, 6.45) is 2.77. The van der Waals surface area contributed by atoms with E-state index >= 15 is 0 Å². The highest BCUT2D eigenvalue weighted by molar-refractivity contribution is 7.89. The van der Waals surface area contributed by atoms with Crippen LogP contribution in [0.1, 0.15) is 29.6 Å². The van der Waals surface area contributed by atoms with E-state index in [1.165, 1.54) is 16.4 Å². The van der Waals surface area contributed by atoms with Crippen LogP contribution in [0.15, 0.2) is 83.8 Å². The average Bonchev–Trinajstić information content (AvgIpc) is 2.81. The molecule has 0 bridgehead atoms. The van der Waals surface area contributed by atoms with Crippen LogP contribution in [-0.4, -0.2) is 31.8 Å². The Hall–Kier alpha value is -2.96. The quantitative estimate of drug-likeness (QED) is 0.441. The van der Waals surface area contributed by atoms with E-state index in [0.29, 0.717) is 18.8 Å². The van der Waals surface area contributed by atoms with Crippen molar-refractivity contribution in [1.29, 1.82) is 0 Å². The van der Waals surface area contributed by atoms with Gasteiger partial charge in [0.25, 0.3) is 0 Å². The monoisotopic (exact) mass is 421 g/mol. The number of nitrogens with zero attached hydrogens (tertiary/aromatic N) is 1. The predicted molar refractivity (Wildman–Crippen MR) is 116 cm³/mol. The number of ether oxygens (including phenoxy) is 1. The van der Waals surface area contributed by atoms with Crippen LogP contribution in [0.3, 0.4) is 0 Å². The van der Waals surface area contributed by atoms with E-state index in [1.54, 1.807) is 24.3 Å². The van der Waals surface area contributed by atoms with E-state index in [0.717, 1.165) is 30.4 Å². The maximum Gasteiger partial charge on any atom is 0.343 e. The van der Waals surface area contributed by atoms with Crippen molar-refractivity contribution < 1.29 is 17.9 Å². The van der Waals surface area contributed by atoms with Gasteiger partial charge in [0.05, 0.1) is 10.5 Å². The molecule has 0 aromatic heterocycles. The minimum absolute atomic E-state index is 0.123. The third-order valence-corrected chi connectivity index (χ3v) is 7.09. The Morgan fingerprint density at radius 1 is 0.767 bits per heavy atom. The lowest BCUT2D eigenvalue weighted by molar-refractivity contribution is 0.0734. The van der Waals surface area contributed by atoms with E-state index < -0.39 is 16.0 Å². The standard InChI is InChI=1S/C24H23NO4S/c26-24(29-22-14-12-20(13-15-22)19-8-3-1-4-9-19)21-10-7-11-23(18-21)30(27,28)25-16-5-2-6-17-25/h1,3-4,7-15,18H,2,5-6,16-17H2. The third kappa shape index (κ3) is 4.45. The molecule has 3 aromatic rings. The van der Waals surface area contributed by atoms with Crippen LogP contribution in [0, 0.1) is 0 Å². The first-order chi connectivity index (χ1) is 14.5. The second kappa shape index (κ2) is 8.81. The molecule has 0 aliphatic carbocycles. The molecule has 1 aliphatic heterocycles. The summed E-state index contributed by atoms with van der Waals surface area (Å²) < 4.78 is 32.7. The van der Waals surface area contributed by atoms with Gasteiger partial charge in [-0.05, 0) is 54.3 Å². The number of carbonyl (C=O) groups excluding carboxylic acids is 1. The Balaban J connectivity index is 1.49. The fraction of sp³-hybridized carbons (Fsp3) is 0.208. The molecule has 0 atom stereocenters. The first-order valence-electron chi connectivity index (χ1n) is 10.0. The zero-order valence-corrected chi connectivity index (χ0v) is 17.3. The summed E-state index contributed by atoms with van der Waals surface area (Å²) in [7, 11) is -3.60. The number of sulfonamides is 1. The van der Waals surface area contributed by atoms with Crippen LogP contribution in [0.25, 0.3) is 11.1 Å². The second-order valence-electron chi connectivity index (χ2n) is 7.27. The summed E-state index contributed by atoms with van der Waals surface area (Å²) in [6, 6.07) is 23.2. The van der Waals surface area contributed by atoms with Gasteiger partial charge in [-0.3, -0.25) is 0 Å². The maximum atomic E-state index is 12.9. The van der Waals surface area contributed by atoms with Crippen molar-refractivity contribution in [1.82, 2.24) is 4.31 Å². The molecule has 0 spiro atoms. The molecule has 0 N–H and O–H groups in total. The van der Waals surface area contributed by atoms with Gasteiger partial charge in [-0.15, -0.1) is 0 Å². The molecule has 4 rings (SSSR count). The van der Waals surface area contributed by atoms with Gasteiger partial charge in [-0.2, -0.15) is 4.31 Å². The molecule has 5 nitrogen and oxygen atoms in total. The molecule has 0 saturated carbocycles. The highest BCUT2D eigenvalue weighted by Crippen LogP contribution is 2.24. The molecule has 1 fully saturated rings. The van der Waals surface area contributed by atoms with Crippen LogP contribution in [0.2, 0.25) is 0 Å². The van der Waals surface area contributed by atoms with Gasteiger partial charge in [0.1, 0.15) is 5.75 Å². The maximum absolute atomic E-state index is 12.9. The van der Waals surface area contributed by atoms with E-state index in [4.69, 9.17) is 4.74 Å². The van der Waals surface area contributed by atoms with Crippen LogP contribution in [0.5, 0.6) is 5.75 Å². The molecule has 1 heterocycles. The van der Waals surface area contributed by atoms with Gasteiger partial charge in [0, 0.05) is 13.1 Å². The lowest BCUT2D eigenvalue weighted by Crippen LogP contribution is -2.35. The largest absolute Gasteiger partial charge is 0.423 e. The third-order valence-electron chi connectivity index (χ3n) is 5.19. The number of benzene rings is 3. The number of carbonyl (C=O) groups is 1. The van der Waals surface area contributed by atoms with E-state index in [2.05, 4.69) is 0 Å². The summed E-state index contributed by atoms with van der Waals surface area (Å²) in [5, 5.41) is 0. The summed E-state index contributed by atoms with van der Waals surface area (Å²) in [5.41, 5.74) is 2.30. The minimum atomic E-state index is -3.60. The highest BCUT2D eigenvalue weighted by Gasteiger charge is 2.26. The van der Waals surface area contributed by atoms with Crippen molar-refractivity contribution in [2.75, 3.05) is 13.1 Å². The predicted octanol–water partition coefficient (Wildman–Crippen LogP) is 4.75. The Labute approximate surface area is 177 Å². The summed E-state index contributed by atoms with van der Waals surface area (Å²) in [6.45, 7) is 1.04. The van der Waals surface area contributed by atoms with E-state index in [-0.39, 0.29) is 10.5 Å². The van der Waals surface area contributed by atoms with Gasteiger partial charge < -0.3 is 4.74 Å². The fourth-order valence-electron chi connectivity index (χ4n) is 3.55. The summed E-state index contributed by atoms with van der Waals surface area (Å²) in [5.74, 6) is -0.179. The minimum Gasteiger partial charge on any atom is -0.423 e. The second-order valence-corrected chi connectivity index (χ2v) is 9.21. The van der Waals surface area contributed by atoms with Gasteiger partial charge >= 0.3 is 5.97 Å². The van der Waals surface area contributed by atoms with E-state index in [1.807, 2.05) is 42.5 Å². The van der Waals surface area contributed by atoms with Crippen molar-refractivity contribution >= 4 is 16.0 Å². The van der Waals surface area contributed by atoms with Crippen molar-refractivity contribution in [3.05, 3.63) is 84.4 Å². The first kappa shape index (κ1) is 20.3. The molecule has 30 heavy (non-hydrogen) atoms. The zero-order chi connectivity index (χ0) is 21.0. The highest BCUT2D eigenvalue weighted by atomic mass is 32.2. The molecule has 1 saturated heterocycles. The number of hydrogen-bond donors (Lipinski definition) is 0. The Morgan fingerprint density at radius 3 is 2.13 bits per heavy atom. The summed E-state index contributed by atoms with van der Waals surface area (Å²) >= 11 is 0. The lowest BCUT2D eigenvalue weighted by Gasteiger charge is -2.25. The Morgan fingerprint density at radius 2 is 1.43 bits per heavy atom. The molecular weight excluding hydrogens is 398 g/mol. The number of rotatable bonds is 5. The smallest absolute Gasteiger partial charge is 0.343 e. The van der Waals surface area contributed by atoms with E-state index in [9.17, 15) is 13.2 Å². The van der Waals surface area contributed by atoms with Gasteiger partial charge in [-0.1, -0.05) is 55.0 Å². The lowest BCUT2D eigenvalue weighted by atomic mass is 10.1. The van der Waals surface area contributed by atoms with Gasteiger partial charge in [-0.25, -0.2) is 13.2 Å². The van der Waals surface area contributed by atoms with Crippen molar-refractivity contribution in [2.24, 2.45) is 0 Å². The molecule has 154 valence electrons. The van der Waals surface area contributed by atoms with Crippen molar-refractivity contribution in [3.8, 4) is 16.9 Å². The molecule has 0 radical (unpaired) electrons. The van der Waals surface area contributed by atoms with Crippen molar-refractivity contribution in [3.63, 3.8) is 0 Å². The molecule has 6 heteroatoms. The Bertz CT molecular complexity index is 1120. The topological polar surface area (TPSA) is 63.7 Å². The molecule has 1 aliphatic rings. The van der Waals surface area contributed by atoms with Crippen LogP contribution in [-0.2, 0) is 10.0 Å². The fourth-order valence-corrected chi connectivity index (χ4v) is 5.11. The summed E-state index contributed by atoms with van der Waals surface area (Å²) in [4.78, 5) is 12.7. The average molecular weight is 422 g/mol. The van der Waals surface area contributed by atoms with Crippen LogP contribution in [0.4, 0.5) is 0 Å². The van der Waals surface area contributed by atoms with Crippen LogP contribution >= 0.6 is 0 Å². The first-order valence-corrected chi connectivity index (χ1v) is 11.5. The molecule has 0 unspecified atom stereocenters. The zero-order valence-electron chi connectivity index (χ0n) is 16.5. The number of hydrogen-bond acceptors (Lipinski definition) is 4. The van der Waals surface area contributed by atoms with Crippen molar-refractivity contribution in [2.45, 2.75) is 24.2 Å². The molecular formula is C24H23NO4S. The van der Waals surface area contributed by atoms with Gasteiger partial charge in [0.15, 0.2) is 0 Å². The molecule has 3 aromatic carbocycles. The Kier molecular flexibility index (Phi) is 5.97. The molecule has 0 amide bonds. The normalized spacial score (nSPS) is 14.9. The van der Waals surface area contributed by atoms with Gasteiger partial charge in [0.2, 0.25) is 10.0 Å². The number of esters is 1. The number of piperidine rings is 1. The SMILES string of the molecule is O=C(Oc1ccc(-c2ccccc2)cc1)c1cccc(S(=O)(=O)N2CCCCC2)c1.